The molecular formula is C8H7N5OS. The third-order valence-corrected chi connectivity index (χ3v) is 2.36. The number of carbonyl (C=O) groups excluding carboxylic acids is 1. The van der Waals surface area contributed by atoms with E-state index in [1.54, 1.807) is 0 Å². The second-order valence-corrected chi connectivity index (χ2v) is 3.52. The molecule has 0 saturated carbocycles. The molecule has 1 heterocycles. The summed E-state index contributed by atoms with van der Waals surface area (Å²) in [6.45, 7) is 0. The van der Waals surface area contributed by atoms with E-state index in [1.165, 1.54) is 17.7 Å². The van der Waals surface area contributed by atoms with Crippen LogP contribution in [0.1, 0.15) is 5.56 Å². The van der Waals surface area contributed by atoms with Crippen molar-refractivity contribution in [1.29, 1.82) is 0 Å². The number of aromatic nitrogens is 2. The number of hydrogen-bond acceptors (Lipinski definition) is 5. The van der Waals surface area contributed by atoms with Gasteiger partial charge in [-0.25, -0.2) is 10.2 Å². The lowest BCUT2D eigenvalue weighted by Crippen LogP contribution is -2.24. The molecule has 1 aromatic heterocycles. The number of hydrazone groups is 1. The summed E-state index contributed by atoms with van der Waals surface area (Å²) in [7, 11) is 0. The van der Waals surface area contributed by atoms with Gasteiger partial charge in [0.25, 0.3) is 0 Å². The molecule has 0 radical (unpaired) electrons. The number of hydrogen-bond donors (Lipinski definition) is 2. The molecule has 0 fully saturated rings. The fraction of sp³-hybridized carbons (Fsp3) is 0. The Morgan fingerprint density at radius 2 is 2.47 bits per heavy atom. The third-order valence-electron chi connectivity index (χ3n) is 1.66. The highest BCUT2D eigenvalue weighted by Crippen LogP contribution is 2.15. The second kappa shape index (κ2) is 4.01. The Morgan fingerprint density at radius 1 is 1.60 bits per heavy atom. The Bertz CT molecular complexity index is 520. The highest BCUT2D eigenvalue weighted by Gasteiger charge is 1.97. The summed E-state index contributed by atoms with van der Waals surface area (Å²) in [6.07, 6.45) is 1.49. The van der Waals surface area contributed by atoms with Crippen LogP contribution in [0.15, 0.2) is 23.3 Å². The van der Waals surface area contributed by atoms with E-state index < -0.39 is 6.03 Å². The van der Waals surface area contributed by atoms with E-state index in [1.807, 2.05) is 18.2 Å². The maximum absolute atomic E-state index is 10.3. The molecule has 0 aliphatic carbocycles. The number of carbonyl (C=O) groups is 1. The third kappa shape index (κ3) is 2.26. The minimum Gasteiger partial charge on any atom is -0.350 e. The fourth-order valence-electron chi connectivity index (χ4n) is 1.05. The normalized spacial score (nSPS) is 10.9. The van der Waals surface area contributed by atoms with Gasteiger partial charge in [-0.15, -0.1) is 5.10 Å². The van der Waals surface area contributed by atoms with Gasteiger partial charge in [-0.05, 0) is 29.2 Å². The lowest BCUT2D eigenvalue weighted by Gasteiger charge is -1.92. The van der Waals surface area contributed by atoms with Crippen LogP contribution in [0.3, 0.4) is 0 Å². The van der Waals surface area contributed by atoms with Gasteiger partial charge >= 0.3 is 6.03 Å². The molecule has 3 N–H and O–H groups in total. The number of nitrogens with two attached hydrogens (primary N) is 1. The average Bonchev–Trinajstić information content (AvgIpc) is 2.64. The van der Waals surface area contributed by atoms with Gasteiger partial charge in [-0.1, -0.05) is 10.6 Å². The predicted octanol–water partition coefficient (Wildman–Crippen LogP) is 0.693. The molecule has 2 aromatic rings. The fourth-order valence-corrected chi connectivity index (χ4v) is 1.59. The van der Waals surface area contributed by atoms with E-state index in [4.69, 9.17) is 5.73 Å². The first-order valence-corrected chi connectivity index (χ1v) is 4.84. The number of benzene rings is 1. The maximum atomic E-state index is 10.3. The second-order valence-electron chi connectivity index (χ2n) is 2.73. The van der Waals surface area contributed by atoms with Crippen molar-refractivity contribution in [2.75, 3.05) is 0 Å². The molecular weight excluding hydrogens is 214 g/mol. The first-order chi connectivity index (χ1) is 7.25. The minimum atomic E-state index is -0.692. The number of amides is 2. The van der Waals surface area contributed by atoms with Gasteiger partial charge in [0, 0.05) is 0 Å². The van der Waals surface area contributed by atoms with Crippen molar-refractivity contribution in [3.8, 4) is 0 Å². The van der Waals surface area contributed by atoms with Crippen molar-refractivity contribution in [3.63, 3.8) is 0 Å². The molecule has 0 saturated heterocycles. The van der Waals surface area contributed by atoms with Gasteiger partial charge in [-0.3, -0.25) is 0 Å². The van der Waals surface area contributed by atoms with Crippen LogP contribution in [-0.4, -0.2) is 21.8 Å². The number of rotatable bonds is 2. The van der Waals surface area contributed by atoms with Crippen LogP contribution in [0.5, 0.6) is 0 Å². The Balaban J connectivity index is 2.21. The molecule has 1 aromatic carbocycles. The van der Waals surface area contributed by atoms with Crippen LogP contribution in [0.4, 0.5) is 4.79 Å². The number of primary amides is 1. The molecule has 2 rings (SSSR count). The van der Waals surface area contributed by atoms with Crippen molar-refractivity contribution in [2.45, 2.75) is 0 Å². The van der Waals surface area contributed by atoms with E-state index >= 15 is 0 Å². The minimum absolute atomic E-state index is 0.692. The summed E-state index contributed by atoms with van der Waals surface area (Å²) in [5, 5.41) is 7.56. The Hall–Kier alpha value is -2.02. The molecule has 0 atom stereocenters. The molecule has 0 spiro atoms. The van der Waals surface area contributed by atoms with E-state index in [-0.39, 0.29) is 0 Å². The zero-order chi connectivity index (χ0) is 10.7. The molecule has 0 unspecified atom stereocenters. The SMILES string of the molecule is NC(=O)NN=Cc1ccc2snnc2c1. The Morgan fingerprint density at radius 3 is 3.27 bits per heavy atom. The molecule has 0 aliphatic rings. The highest BCUT2D eigenvalue weighted by molar-refractivity contribution is 7.12. The van der Waals surface area contributed by atoms with Gasteiger partial charge in [0.05, 0.1) is 10.9 Å². The van der Waals surface area contributed by atoms with Crippen LogP contribution >= 0.6 is 11.5 Å². The quantitative estimate of drug-likeness (QED) is 0.577. The van der Waals surface area contributed by atoms with Crippen LogP contribution < -0.4 is 11.2 Å². The number of urea groups is 1. The molecule has 0 bridgehead atoms. The van der Waals surface area contributed by atoms with Crippen molar-refractivity contribution in [1.82, 2.24) is 15.0 Å². The van der Waals surface area contributed by atoms with E-state index in [2.05, 4.69) is 20.1 Å². The van der Waals surface area contributed by atoms with Gasteiger partial charge in [0.15, 0.2) is 0 Å². The first kappa shape index (κ1) is 9.53. The summed E-state index contributed by atoms with van der Waals surface area (Å²) in [5.74, 6) is 0. The van der Waals surface area contributed by atoms with Crippen molar-refractivity contribution in [3.05, 3.63) is 23.8 Å². The predicted molar refractivity (Wildman–Crippen MR) is 57.7 cm³/mol. The maximum Gasteiger partial charge on any atom is 0.332 e. The smallest absolute Gasteiger partial charge is 0.332 e. The van der Waals surface area contributed by atoms with Crippen LogP contribution in [0.25, 0.3) is 10.2 Å². The number of nitrogens with zero attached hydrogens (tertiary/aromatic N) is 3. The Kier molecular flexibility index (Phi) is 2.55. The summed E-state index contributed by atoms with van der Waals surface area (Å²) in [5.41, 5.74) is 8.59. The molecule has 2 amide bonds. The van der Waals surface area contributed by atoms with Crippen LogP contribution in [0.2, 0.25) is 0 Å². The number of fused-ring (bicyclic) bond motifs is 1. The number of nitrogens with one attached hydrogen (secondary N) is 1. The van der Waals surface area contributed by atoms with Gasteiger partial charge in [0.1, 0.15) is 5.52 Å². The lowest BCUT2D eigenvalue weighted by atomic mass is 10.2. The molecule has 0 aliphatic heterocycles. The Labute approximate surface area is 88.9 Å². The van der Waals surface area contributed by atoms with E-state index in [0.29, 0.717) is 0 Å². The summed E-state index contributed by atoms with van der Waals surface area (Å²) >= 11 is 1.33. The monoisotopic (exact) mass is 221 g/mol. The topological polar surface area (TPSA) is 93.3 Å². The van der Waals surface area contributed by atoms with Gasteiger partial charge in [0.2, 0.25) is 0 Å². The molecule has 6 nitrogen and oxygen atoms in total. The van der Waals surface area contributed by atoms with Crippen molar-refractivity contribution in [2.24, 2.45) is 10.8 Å². The molecule has 7 heteroatoms. The van der Waals surface area contributed by atoms with E-state index in [0.717, 1.165) is 15.8 Å². The summed E-state index contributed by atoms with van der Waals surface area (Å²) in [6, 6.07) is 4.88. The van der Waals surface area contributed by atoms with Crippen LogP contribution in [-0.2, 0) is 0 Å². The van der Waals surface area contributed by atoms with Crippen molar-refractivity contribution >= 4 is 34.0 Å². The zero-order valence-corrected chi connectivity index (χ0v) is 8.36. The first-order valence-electron chi connectivity index (χ1n) is 4.06. The van der Waals surface area contributed by atoms with Gasteiger partial charge in [-0.2, -0.15) is 5.10 Å². The summed E-state index contributed by atoms with van der Waals surface area (Å²) in [4.78, 5) is 10.3. The zero-order valence-electron chi connectivity index (χ0n) is 7.54. The van der Waals surface area contributed by atoms with Crippen LogP contribution in [0, 0.1) is 0 Å². The largest absolute Gasteiger partial charge is 0.350 e. The summed E-state index contributed by atoms with van der Waals surface area (Å²) < 4.78 is 4.82. The standard InChI is InChI=1S/C8H7N5OS/c9-8(14)12-10-4-5-1-2-7-6(3-5)11-13-15-7/h1-4H,(H3,9,12,14). The molecule has 76 valence electrons. The van der Waals surface area contributed by atoms with Crippen molar-refractivity contribution < 1.29 is 4.79 Å². The lowest BCUT2D eigenvalue weighted by molar-refractivity contribution is 0.249. The molecule has 15 heavy (non-hydrogen) atoms. The average molecular weight is 221 g/mol. The van der Waals surface area contributed by atoms with Gasteiger partial charge < -0.3 is 5.73 Å². The highest BCUT2D eigenvalue weighted by atomic mass is 32.1. The van der Waals surface area contributed by atoms with E-state index in [9.17, 15) is 4.79 Å².